The molecular weight excluding hydrogens is 342 g/mol. The van der Waals surface area contributed by atoms with E-state index in [2.05, 4.69) is 4.90 Å². The molecular formula is C16H23Cl2FN2O2. The topological polar surface area (TPSA) is 43.8 Å². The van der Waals surface area contributed by atoms with Crippen LogP contribution in [0, 0.1) is 5.82 Å². The Kier molecular flexibility index (Phi) is 8.26. The standard InChI is InChI=1S/C16H22ClFN2O2.ClH/c1-19(11-16(21)22)12-5-8-20(9-6-12)10-7-13-14(17)3-2-4-15(13)18;/h2-4,12H,5-11H2,1H3,(H,21,22);1H. The molecule has 0 radical (unpaired) electrons. The quantitative estimate of drug-likeness (QED) is 0.842. The Morgan fingerprint density at radius 1 is 1.43 bits per heavy atom. The van der Waals surface area contributed by atoms with Gasteiger partial charge in [0.1, 0.15) is 5.82 Å². The van der Waals surface area contributed by atoms with E-state index in [0.717, 1.165) is 32.5 Å². The largest absolute Gasteiger partial charge is 0.480 e. The van der Waals surface area contributed by atoms with E-state index in [4.69, 9.17) is 16.7 Å². The maximum Gasteiger partial charge on any atom is 0.317 e. The number of likely N-dealkylation sites (tertiary alicyclic amines) is 1. The molecule has 0 aromatic heterocycles. The second kappa shape index (κ2) is 9.42. The number of carbonyl (C=O) groups is 1. The summed E-state index contributed by atoms with van der Waals surface area (Å²) in [4.78, 5) is 14.9. The van der Waals surface area contributed by atoms with E-state index in [1.54, 1.807) is 12.1 Å². The lowest BCUT2D eigenvalue weighted by molar-refractivity contribution is -0.138. The number of rotatable bonds is 6. The van der Waals surface area contributed by atoms with Gasteiger partial charge in [-0.1, -0.05) is 17.7 Å². The van der Waals surface area contributed by atoms with Crippen LogP contribution in [-0.4, -0.2) is 60.1 Å². The molecule has 1 aromatic rings. The Morgan fingerprint density at radius 2 is 2.09 bits per heavy atom. The molecule has 1 aromatic carbocycles. The Morgan fingerprint density at radius 3 is 2.65 bits per heavy atom. The maximum atomic E-state index is 13.7. The van der Waals surface area contributed by atoms with Gasteiger partial charge >= 0.3 is 5.97 Å². The summed E-state index contributed by atoms with van der Waals surface area (Å²) in [7, 11) is 1.85. The number of hydrogen-bond donors (Lipinski definition) is 1. The maximum absolute atomic E-state index is 13.7. The van der Waals surface area contributed by atoms with Crippen LogP contribution in [0.5, 0.6) is 0 Å². The van der Waals surface area contributed by atoms with Crippen LogP contribution in [0.3, 0.4) is 0 Å². The van der Waals surface area contributed by atoms with Crippen molar-refractivity contribution in [2.75, 3.05) is 33.2 Å². The molecule has 1 aliphatic heterocycles. The highest BCUT2D eigenvalue weighted by Crippen LogP contribution is 2.21. The van der Waals surface area contributed by atoms with Gasteiger partial charge in [0.15, 0.2) is 0 Å². The Balaban J connectivity index is 0.00000264. The number of piperidine rings is 1. The number of aliphatic carboxylic acids is 1. The first-order valence-corrected chi connectivity index (χ1v) is 7.92. The van der Waals surface area contributed by atoms with Crippen molar-refractivity contribution in [2.45, 2.75) is 25.3 Å². The van der Waals surface area contributed by atoms with Crippen molar-refractivity contribution in [1.29, 1.82) is 0 Å². The summed E-state index contributed by atoms with van der Waals surface area (Å²) in [6, 6.07) is 5.08. The third kappa shape index (κ3) is 5.92. The van der Waals surface area contributed by atoms with Crippen LogP contribution in [0.4, 0.5) is 4.39 Å². The molecule has 1 N–H and O–H groups in total. The zero-order valence-corrected chi connectivity index (χ0v) is 14.7. The molecule has 1 heterocycles. The SMILES string of the molecule is CN(CC(=O)O)C1CCN(CCc2c(F)cccc2Cl)CC1.Cl. The molecule has 0 atom stereocenters. The van der Waals surface area contributed by atoms with Crippen molar-refractivity contribution in [3.8, 4) is 0 Å². The summed E-state index contributed by atoms with van der Waals surface area (Å²) in [5, 5.41) is 9.31. The Labute approximate surface area is 147 Å². The lowest BCUT2D eigenvalue weighted by Crippen LogP contribution is -2.45. The van der Waals surface area contributed by atoms with Gasteiger partial charge in [-0.25, -0.2) is 4.39 Å². The van der Waals surface area contributed by atoms with Crippen molar-refractivity contribution in [2.24, 2.45) is 0 Å². The fourth-order valence-electron chi connectivity index (χ4n) is 2.97. The fraction of sp³-hybridized carbons (Fsp3) is 0.562. The first-order chi connectivity index (χ1) is 10.5. The lowest BCUT2D eigenvalue weighted by atomic mass is 10.0. The van der Waals surface area contributed by atoms with Crippen LogP contribution in [0.2, 0.25) is 5.02 Å². The third-order valence-corrected chi connectivity index (χ3v) is 4.66. The van der Waals surface area contributed by atoms with Crippen molar-refractivity contribution < 1.29 is 14.3 Å². The van der Waals surface area contributed by atoms with Crippen molar-refractivity contribution in [3.05, 3.63) is 34.6 Å². The molecule has 1 saturated heterocycles. The van der Waals surface area contributed by atoms with Gasteiger partial charge < -0.3 is 10.0 Å². The molecule has 0 bridgehead atoms. The van der Waals surface area contributed by atoms with E-state index in [9.17, 15) is 9.18 Å². The van der Waals surface area contributed by atoms with Gasteiger partial charge in [-0.15, -0.1) is 12.4 Å². The number of carboxylic acids is 1. The van der Waals surface area contributed by atoms with Gasteiger partial charge in [-0.2, -0.15) is 0 Å². The zero-order chi connectivity index (χ0) is 16.1. The number of carboxylic acid groups (broad SMARTS) is 1. The molecule has 1 fully saturated rings. The van der Waals surface area contributed by atoms with Crippen LogP contribution in [0.15, 0.2) is 18.2 Å². The van der Waals surface area contributed by atoms with E-state index in [1.807, 2.05) is 11.9 Å². The first-order valence-electron chi connectivity index (χ1n) is 7.54. The molecule has 0 spiro atoms. The van der Waals surface area contributed by atoms with E-state index < -0.39 is 5.97 Å². The minimum Gasteiger partial charge on any atom is -0.480 e. The summed E-state index contributed by atoms with van der Waals surface area (Å²) >= 11 is 6.04. The van der Waals surface area contributed by atoms with Crippen LogP contribution < -0.4 is 0 Å². The number of halogens is 3. The number of benzene rings is 1. The molecule has 0 unspecified atom stereocenters. The highest BCUT2D eigenvalue weighted by molar-refractivity contribution is 6.31. The van der Waals surface area contributed by atoms with E-state index in [0.29, 0.717) is 23.0 Å². The van der Waals surface area contributed by atoms with Gasteiger partial charge in [-0.05, 0) is 51.5 Å². The molecule has 130 valence electrons. The summed E-state index contributed by atoms with van der Waals surface area (Å²) in [5.74, 6) is -1.04. The zero-order valence-electron chi connectivity index (χ0n) is 13.2. The van der Waals surface area contributed by atoms with Crippen molar-refractivity contribution >= 4 is 30.0 Å². The minimum atomic E-state index is -0.792. The molecule has 2 rings (SSSR count). The Hall–Kier alpha value is -0.880. The van der Waals surface area contributed by atoms with Gasteiger partial charge in [-0.3, -0.25) is 9.69 Å². The van der Waals surface area contributed by atoms with Crippen LogP contribution >= 0.6 is 24.0 Å². The van der Waals surface area contributed by atoms with Crippen LogP contribution in [0.1, 0.15) is 18.4 Å². The predicted octanol–water partition coefficient (Wildman–Crippen LogP) is 2.92. The minimum absolute atomic E-state index is 0. The smallest absolute Gasteiger partial charge is 0.317 e. The number of hydrogen-bond acceptors (Lipinski definition) is 3. The Bertz CT molecular complexity index is 503. The average molecular weight is 365 g/mol. The highest BCUT2D eigenvalue weighted by Gasteiger charge is 2.23. The average Bonchev–Trinajstić information content (AvgIpc) is 2.46. The second-order valence-corrected chi connectivity index (χ2v) is 6.24. The molecule has 0 aliphatic carbocycles. The normalized spacial score (nSPS) is 16.3. The summed E-state index contributed by atoms with van der Waals surface area (Å²) < 4.78 is 13.7. The van der Waals surface area contributed by atoms with Gasteiger partial charge in [0.2, 0.25) is 0 Å². The molecule has 0 amide bonds. The van der Waals surface area contributed by atoms with Gasteiger partial charge in [0.05, 0.1) is 6.54 Å². The first kappa shape index (κ1) is 20.2. The molecule has 4 nitrogen and oxygen atoms in total. The van der Waals surface area contributed by atoms with Gasteiger partial charge in [0, 0.05) is 23.2 Å². The van der Waals surface area contributed by atoms with E-state index >= 15 is 0 Å². The number of likely N-dealkylation sites (N-methyl/N-ethyl adjacent to an activating group) is 1. The second-order valence-electron chi connectivity index (χ2n) is 5.83. The molecule has 7 heteroatoms. The summed E-state index contributed by atoms with van der Waals surface area (Å²) in [6.45, 7) is 2.66. The monoisotopic (exact) mass is 364 g/mol. The third-order valence-electron chi connectivity index (χ3n) is 4.30. The fourth-order valence-corrected chi connectivity index (χ4v) is 3.22. The van der Waals surface area contributed by atoms with E-state index in [-0.39, 0.29) is 24.8 Å². The van der Waals surface area contributed by atoms with Gasteiger partial charge in [0.25, 0.3) is 0 Å². The van der Waals surface area contributed by atoms with Crippen LogP contribution in [0.25, 0.3) is 0 Å². The number of nitrogens with zero attached hydrogens (tertiary/aromatic N) is 2. The molecule has 23 heavy (non-hydrogen) atoms. The summed E-state index contributed by atoms with van der Waals surface area (Å²) in [5.41, 5.74) is 0.578. The molecule has 1 aliphatic rings. The lowest BCUT2D eigenvalue weighted by Gasteiger charge is -2.36. The van der Waals surface area contributed by atoms with Crippen molar-refractivity contribution in [3.63, 3.8) is 0 Å². The predicted molar refractivity (Wildman–Crippen MR) is 92.1 cm³/mol. The van der Waals surface area contributed by atoms with Crippen molar-refractivity contribution in [1.82, 2.24) is 9.80 Å². The van der Waals surface area contributed by atoms with Crippen LogP contribution in [-0.2, 0) is 11.2 Å². The molecule has 0 saturated carbocycles. The highest BCUT2D eigenvalue weighted by atomic mass is 35.5. The van der Waals surface area contributed by atoms with E-state index in [1.165, 1.54) is 6.07 Å². The summed E-state index contributed by atoms with van der Waals surface area (Å²) in [6.07, 6.45) is 2.48.